The van der Waals surface area contributed by atoms with Gasteiger partial charge in [0.25, 0.3) is 0 Å². The Morgan fingerprint density at radius 3 is 2.76 bits per heavy atom. The number of carbonyl (C=O) groups excluding carboxylic acids is 1. The largest absolute Gasteiger partial charge is 0.481 e. The zero-order chi connectivity index (χ0) is 15.2. The maximum absolute atomic E-state index is 11.8. The minimum atomic E-state index is -0.822. The van der Waals surface area contributed by atoms with Crippen molar-refractivity contribution in [3.8, 4) is 0 Å². The van der Waals surface area contributed by atoms with Crippen LogP contribution in [0.1, 0.15) is 30.4 Å². The molecule has 1 aliphatic carbocycles. The second-order valence-corrected chi connectivity index (χ2v) is 5.56. The van der Waals surface area contributed by atoms with Crippen molar-refractivity contribution in [3.05, 3.63) is 35.4 Å². The number of urea groups is 1. The number of carbonyl (C=O) groups is 2. The highest BCUT2D eigenvalue weighted by molar-refractivity contribution is 5.77. The highest BCUT2D eigenvalue weighted by Gasteiger charge is 2.33. The molecule has 0 aliphatic heterocycles. The summed E-state index contributed by atoms with van der Waals surface area (Å²) < 4.78 is 0. The highest BCUT2D eigenvalue weighted by atomic mass is 16.4. The lowest BCUT2D eigenvalue weighted by atomic mass is 10.0. The molecule has 5 heteroatoms. The van der Waals surface area contributed by atoms with E-state index in [2.05, 4.69) is 10.6 Å². The maximum atomic E-state index is 11.8. The Balaban J connectivity index is 1.75. The number of benzene rings is 1. The van der Waals surface area contributed by atoms with Gasteiger partial charge in [0.2, 0.25) is 0 Å². The van der Waals surface area contributed by atoms with Crippen molar-refractivity contribution in [2.24, 2.45) is 5.92 Å². The number of carboxylic acid groups (broad SMARTS) is 1. The molecule has 1 fully saturated rings. The van der Waals surface area contributed by atoms with Crippen LogP contribution in [0.15, 0.2) is 24.3 Å². The number of nitrogens with one attached hydrogen (secondary N) is 2. The van der Waals surface area contributed by atoms with Crippen LogP contribution in [0.25, 0.3) is 0 Å². The quantitative estimate of drug-likeness (QED) is 0.777. The number of aryl methyl sites for hydroxylation is 1. The number of aliphatic carboxylic acids is 1. The van der Waals surface area contributed by atoms with Gasteiger partial charge in [-0.2, -0.15) is 0 Å². The first kappa shape index (κ1) is 15.4. The molecule has 1 aromatic carbocycles. The molecule has 114 valence electrons. The predicted octanol–water partition coefficient (Wildman–Crippen LogP) is 2.09. The number of hydrogen-bond acceptors (Lipinski definition) is 2. The fourth-order valence-corrected chi connectivity index (χ4v) is 2.85. The Kier molecular flexibility index (Phi) is 5.20. The van der Waals surface area contributed by atoms with Crippen molar-refractivity contribution in [2.45, 2.75) is 38.6 Å². The molecule has 5 nitrogen and oxygen atoms in total. The number of hydrogen-bond donors (Lipinski definition) is 3. The lowest BCUT2D eigenvalue weighted by molar-refractivity contribution is -0.142. The van der Waals surface area contributed by atoms with Crippen LogP contribution in [-0.4, -0.2) is 29.7 Å². The molecule has 0 bridgehead atoms. The summed E-state index contributed by atoms with van der Waals surface area (Å²) in [6.45, 7) is 2.59. The first-order valence-corrected chi connectivity index (χ1v) is 7.39. The highest BCUT2D eigenvalue weighted by Crippen LogP contribution is 2.25. The van der Waals surface area contributed by atoms with E-state index in [1.54, 1.807) is 0 Å². The molecule has 0 aromatic heterocycles. The van der Waals surface area contributed by atoms with Crippen molar-refractivity contribution in [1.29, 1.82) is 0 Å². The van der Waals surface area contributed by atoms with Gasteiger partial charge in [-0.15, -0.1) is 0 Å². The maximum Gasteiger partial charge on any atom is 0.315 e. The van der Waals surface area contributed by atoms with Gasteiger partial charge in [0.1, 0.15) is 0 Å². The van der Waals surface area contributed by atoms with Crippen LogP contribution in [0, 0.1) is 12.8 Å². The average Bonchev–Trinajstić information content (AvgIpc) is 2.89. The minimum absolute atomic E-state index is 0.249. The van der Waals surface area contributed by atoms with Gasteiger partial charge in [-0.3, -0.25) is 4.79 Å². The van der Waals surface area contributed by atoms with E-state index < -0.39 is 11.9 Å². The van der Waals surface area contributed by atoms with Gasteiger partial charge in [-0.25, -0.2) is 4.79 Å². The molecule has 2 amide bonds. The fraction of sp³-hybridized carbons (Fsp3) is 0.500. The van der Waals surface area contributed by atoms with E-state index >= 15 is 0 Å². The summed E-state index contributed by atoms with van der Waals surface area (Å²) in [5.41, 5.74) is 2.42. The van der Waals surface area contributed by atoms with E-state index in [1.165, 1.54) is 11.1 Å². The molecule has 2 atom stereocenters. The summed E-state index contributed by atoms with van der Waals surface area (Å²) in [4.78, 5) is 22.9. The van der Waals surface area contributed by atoms with E-state index in [1.807, 2.05) is 31.2 Å². The lowest BCUT2D eigenvalue weighted by Gasteiger charge is -2.18. The fourth-order valence-electron chi connectivity index (χ4n) is 2.85. The zero-order valence-electron chi connectivity index (χ0n) is 12.3. The molecular formula is C16H22N2O3. The first-order chi connectivity index (χ1) is 10.1. The van der Waals surface area contributed by atoms with Gasteiger partial charge in [0.15, 0.2) is 0 Å². The Labute approximate surface area is 124 Å². The third-order valence-electron chi connectivity index (χ3n) is 4.09. The van der Waals surface area contributed by atoms with Crippen LogP contribution in [0.4, 0.5) is 4.79 Å². The molecule has 2 rings (SSSR count). The summed E-state index contributed by atoms with van der Waals surface area (Å²) in [5.74, 6) is -1.27. The Morgan fingerprint density at radius 1 is 1.29 bits per heavy atom. The van der Waals surface area contributed by atoms with E-state index in [-0.39, 0.29) is 12.1 Å². The van der Waals surface area contributed by atoms with Gasteiger partial charge < -0.3 is 15.7 Å². The molecule has 21 heavy (non-hydrogen) atoms. The summed E-state index contributed by atoms with van der Waals surface area (Å²) in [7, 11) is 0. The van der Waals surface area contributed by atoms with Gasteiger partial charge >= 0.3 is 12.0 Å². The molecule has 0 saturated heterocycles. The molecule has 1 aliphatic rings. The monoisotopic (exact) mass is 290 g/mol. The average molecular weight is 290 g/mol. The van der Waals surface area contributed by atoms with E-state index in [9.17, 15) is 9.59 Å². The minimum Gasteiger partial charge on any atom is -0.481 e. The second kappa shape index (κ2) is 7.11. The van der Waals surface area contributed by atoms with Crippen LogP contribution >= 0.6 is 0 Å². The van der Waals surface area contributed by atoms with Crippen LogP contribution in [0.5, 0.6) is 0 Å². The third-order valence-corrected chi connectivity index (χ3v) is 4.09. The van der Waals surface area contributed by atoms with Crippen LogP contribution in [-0.2, 0) is 11.2 Å². The smallest absolute Gasteiger partial charge is 0.315 e. The van der Waals surface area contributed by atoms with Crippen LogP contribution in [0.3, 0.4) is 0 Å². The van der Waals surface area contributed by atoms with Gasteiger partial charge in [-0.05, 0) is 37.3 Å². The number of carboxylic acids is 1. The number of amides is 2. The van der Waals surface area contributed by atoms with Crippen molar-refractivity contribution in [3.63, 3.8) is 0 Å². The van der Waals surface area contributed by atoms with Crippen LogP contribution < -0.4 is 10.6 Å². The zero-order valence-corrected chi connectivity index (χ0v) is 12.3. The second-order valence-electron chi connectivity index (χ2n) is 5.56. The van der Waals surface area contributed by atoms with E-state index in [0.717, 1.165) is 19.3 Å². The summed E-state index contributed by atoms with van der Waals surface area (Å²) in [5, 5.41) is 14.7. The van der Waals surface area contributed by atoms with E-state index in [4.69, 9.17) is 5.11 Å². The van der Waals surface area contributed by atoms with Crippen molar-refractivity contribution < 1.29 is 14.7 Å². The normalized spacial score (nSPS) is 21.0. The molecule has 1 aromatic rings. The van der Waals surface area contributed by atoms with E-state index in [0.29, 0.717) is 13.0 Å². The molecule has 0 heterocycles. The number of rotatable bonds is 5. The van der Waals surface area contributed by atoms with Gasteiger partial charge in [0.05, 0.1) is 5.92 Å². The predicted molar refractivity (Wildman–Crippen MR) is 80.2 cm³/mol. The third kappa shape index (κ3) is 4.21. The van der Waals surface area contributed by atoms with Crippen molar-refractivity contribution >= 4 is 12.0 Å². The Bertz CT molecular complexity index is 516. The van der Waals surface area contributed by atoms with Crippen LogP contribution in [0.2, 0.25) is 0 Å². The summed E-state index contributed by atoms with van der Waals surface area (Å²) in [6.07, 6.45) is 3.00. The Hall–Kier alpha value is -2.04. The molecule has 1 saturated carbocycles. The molecule has 0 spiro atoms. The van der Waals surface area contributed by atoms with Gasteiger partial charge in [0, 0.05) is 12.6 Å². The lowest BCUT2D eigenvalue weighted by Crippen LogP contribution is -2.45. The summed E-state index contributed by atoms with van der Waals surface area (Å²) in [6, 6.07) is 7.55. The first-order valence-electron chi connectivity index (χ1n) is 7.39. The van der Waals surface area contributed by atoms with Crippen molar-refractivity contribution in [1.82, 2.24) is 10.6 Å². The Morgan fingerprint density at radius 2 is 2.05 bits per heavy atom. The summed E-state index contributed by atoms with van der Waals surface area (Å²) >= 11 is 0. The molecular weight excluding hydrogens is 268 g/mol. The molecule has 0 radical (unpaired) electrons. The molecule has 3 N–H and O–H groups in total. The SMILES string of the molecule is Cc1ccccc1CCNC(=O)NC1CCCC1C(=O)O. The van der Waals surface area contributed by atoms with Crippen molar-refractivity contribution in [2.75, 3.05) is 6.54 Å². The van der Waals surface area contributed by atoms with Gasteiger partial charge in [-0.1, -0.05) is 30.7 Å². The standard InChI is InChI=1S/C16H22N2O3/c1-11-5-2-3-6-12(11)9-10-17-16(21)18-14-8-4-7-13(14)15(19)20/h2-3,5-6,13-14H,4,7-10H2,1H3,(H,19,20)(H2,17,18,21). The molecule has 2 unspecified atom stereocenters. The topological polar surface area (TPSA) is 78.4 Å².